The van der Waals surface area contributed by atoms with Crippen LogP contribution in [0.2, 0.25) is 0 Å². The third kappa shape index (κ3) is 1.47. The Morgan fingerprint density at radius 2 is 1.59 bits per heavy atom. The molecule has 0 saturated heterocycles. The van der Waals surface area contributed by atoms with Crippen LogP contribution in [-0.2, 0) is 0 Å². The van der Waals surface area contributed by atoms with Crippen LogP contribution < -0.4 is 9.64 Å². The Kier molecular flexibility index (Phi) is 2.11. The molecule has 0 unspecified atom stereocenters. The lowest BCUT2D eigenvalue weighted by Crippen LogP contribution is -2.11. The van der Waals surface area contributed by atoms with Gasteiger partial charge in [0.05, 0.1) is 16.9 Å². The molecule has 0 fully saturated rings. The molecule has 0 saturated carbocycles. The first-order valence-corrected chi connectivity index (χ1v) is 5.41. The molecule has 0 atom stereocenters. The Morgan fingerprint density at radius 3 is 2.41 bits per heavy atom. The van der Waals surface area contributed by atoms with Crippen molar-refractivity contribution >= 4 is 17.3 Å². The van der Waals surface area contributed by atoms with Gasteiger partial charge in [-0.25, -0.2) is 4.79 Å². The van der Waals surface area contributed by atoms with E-state index in [1.807, 2.05) is 48.3 Å². The highest BCUT2D eigenvalue weighted by Gasteiger charge is 2.23. The number of benzene rings is 2. The smallest absolute Gasteiger partial charge is 0.345 e. The lowest BCUT2D eigenvalue weighted by Gasteiger charge is -2.19. The van der Waals surface area contributed by atoms with Crippen LogP contribution in [0.5, 0.6) is 5.75 Å². The Bertz CT molecular complexity index is 592. The molecule has 0 aliphatic carbocycles. The van der Waals surface area contributed by atoms with E-state index in [1.54, 1.807) is 12.1 Å². The zero-order valence-corrected chi connectivity index (χ0v) is 9.38. The molecule has 0 N–H and O–H groups in total. The van der Waals surface area contributed by atoms with E-state index in [1.165, 1.54) is 0 Å². The van der Waals surface area contributed by atoms with Gasteiger partial charge in [-0.3, -0.25) is 0 Å². The summed E-state index contributed by atoms with van der Waals surface area (Å²) in [7, 11) is 1.93. The van der Waals surface area contributed by atoms with E-state index in [0.717, 1.165) is 11.4 Å². The van der Waals surface area contributed by atoms with E-state index in [2.05, 4.69) is 0 Å². The van der Waals surface area contributed by atoms with Gasteiger partial charge in [-0.2, -0.15) is 0 Å². The van der Waals surface area contributed by atoms with Crippen molar-refractivity contribution in [2.75, 3.05) is 11.9 Å². The Hall–Kier alpha value is -2.29. The number of carbonyl (C=O) groups excluding carboxylic acids is 1. The van der Waals surface area contributed by atoms with E-state index < -0.39 is 0 Å². The molecule has 0 aromatic heterocycles. The summed E-state index contributed by atoms with van der Waals surface area (Å²) in [6, 6.07) is 15.0. The van der Waals surface area contributed by atoms with Gasteiger partial charge < -0.3 is 9.64 Å². The van der Waals surface area contributed by atoms with Crippen LogP contribution in [0.3, 0.4) is 0 Å². The SMILES string of the molecule is CN1c2ccccc2OC(=O)c2ccccc21. The van der Waals surface area contributed by atoms with Crippen LogP contribution in [0.4, 0.5) is 11.4 Å². The second kappa shape index (κ2) is 3.63. The molecule has 0 bridgehead atoms. The third-order valence-electron chi connectivity index (χ3n) is 2.91. The molecule has 1 heterocycles. The molecule has 2 aromatic rings. The number of hydrogen-bond donors (Lipinski definition) is 0. The number of rotatable bonds is 0. The zero-order chi connectivity index (χ0) is 11.8. The third-order valence-corrected chi connectivity index (χ3v) is 2.91. The van der Waals surface area contributed by atoms with E-state index in [0.29, 0.717) is 11.3 Å². The lowest BCUT2D eigenvalue weighted by atomic mass is 10.1. The normalized spacial score (nSPS) is 13.5. The van der Waals surface area contributed by atoms with Crippen molar-refractivity contribution in [1.82, 2.24) is 0 Å². The van der Waals surface area contributed by atoms with E-state index in [-0.39, 0.29) is 5.97 Å². The number of anilines is 2. The average Bonchev–Trinajstić information content (AvgIpc) is 2.48. The van der Waals surface area contributed by atoms with Crippen LogP contribution in [0, 0.1) is 0 Å². The molecule has 3 rings (SSSR count). The summed E-state index contributed by atoms with van der Waals surface area (Å²) in [6.45, 7) is 0. The Morgan fingerprint density at radius 1 is 0.941 bits per heavy atom. The van der Waals surface area contributed by atoms with Crippen molar-refractivity contribution in [1.29, 1.82) is 0 Å². The summed E-state index contributed by atoms with van der Waals surface area (Å²) in [5.74, 6) is 0.286. The summed E-state index contributed by atoms with van der Waals surface area (Å²) >= 11 is 0. The van der Waals surface area contributed by atoms with Gasteiger partial charge in [-0.15, -0.1) is 0 Å². The Labute approximate surface area is 99.2 Å². The number of carbonyl (C=O) groups is 1. The molecule has 0 spiro atoms. The maximum atomic E-state index is 12.0. The molecule has 0 amide bonds. The fourth-order valence-corrected chi connectivity index (χ4v) is 2.04. The fraction of sp³-hybridized carbons (Fsp3) is 0.0714. The second-order valence-corrected chi connectivity index (χ2v) is 3.93. The van der Waals surface area contributed by atoms with Crippen LogP contribution >= 0.6 is 0 Å². The molecule has 3 nitrogen and oxygen atoms in total. The zero-order valence-electron chi connectivity index (χ0n) is 9.38. The van der Waals surface area contributed by atoms with Gasteiger partial charge in [0.2, 0.25) is 0 Å². The molecule has 0 radical (unpaired) electrons. The van der Waals surface area contributed by atoms with Crippen molar-refractivity contribution in [3.8, 4) is 5.75 Å². The number of fused-ring (bicyclic) bond motifs is 2. The predicted molar refractivity (Wildman–Crippen MR) is 65.9 cm³/mol. The topological polar surface area (TPSA) is 29.5 Å². The fourth-order valence-electron chi connectivity index (χ4n) is 2.04. The standard InChI is InChI=1S/C14H11NO2/c1-15-11-7-3-2-6-10(11)14(16)17-13-9-5-4-8-12(13)15/h2-9H,1H3. The molecule has 17 heavy (non-hydrogen) atoms. The predicted octanol–water partition coefficient (Wildman–Crippen LogP) is 2.99. The van der Waals surface area contributed by atoms with Gasteiger partial charge >= 0.3 is 5.97 Å². The summed E-state index contributed by atoms with van der Waals surface area (Å²) in [6.07, 6.45) is 0. The summed E-state index contributed by atoms with van der Waals surface area (Å²) < 4.78 is 5.37. The minimum atomic E-state index is -0.308. The first-order valence-electron chi connectivity index (χ1n) is 5.41. The van der Waals surface area contributed by atoms with Crippen LogP contribution in [0.15, 0.2) is 48.5 Å². The molecule has 84 valence electrons. The van der Waals surface area contributed by atoms with Crippen LogP contribution in [0.1, 0.15) is 10.4 Å². The first-order chi connectivity index (χ1) is 8.27. The second-order valence-electron chi connectivity index (χ2n) is 3.93. The average molecular weight is 225 g/mol. The first kappa shape index (κ1) is 9.90. The van der Waals surface area contributed by atoms with Crippen molar-refractivity contribution in [2.45, 2.75) is 0 Å². The highest BCUT2D eigenvalue weighted by molar-refractivity contribution is 6.00. The van der Waals surface area contributed by atoms with Crippen molar-refractivity contribution in [3.05, 3.63) is 54.1 Å². The van der Waals surface area contributed by atoms with Gasteiger partial charge in [0.25, 0.3) is 0 Å². The van der Waals surface area contributed by atoms with Crippen LogP contribution in [-0.4, -0.2) is 13.0 Å². The minimum Gasteiger partial charge on any atom is -0.421 e. The summed E-state index contributed by atoms with van der Waals surface area (Å²) in [5.41, 5.74) is 2.35. The highest BCUT2D eigenvalue weighted by atomic mass is 16.5. The molecule has 1 aliphatic rings. The van der Waals surface area contributed by atoms with Gasteiger partial charge in [0, 0.05) is 7.05 Å². The molecule has 3 heteroatoms. The van der Waals surface area contributed by atoms with Crippen molar-refractivity contribution in [3.63, 3.8) is 0 Å². The van der Waals surface area contributed by atoms with E-state index in [4.69, 9.17) is 4.74 Å². The summed E-state index contributed by atoms with van der Waals surface area (Å²) in [4.78, 5) is 13.9. The van der Waals surface area contributed by atoms with Gasteiger partial charge in [0.15, 0.2) is 5.75 Å². The van der Waals surface area contributed by atoms with Crippen molar-refractivity contribution < 1.29 is 9.53 Å². The van der Waals surface area contributed by atoms with Gasteiger partial charge in [-0.05, 0) is 24.3 Å². The largest absolute Gasteiger partial charge is 0.421 e. The monoisotopic (exact) mass is 225 g/mol. The number of esters is 1. The van der Waals surface area contributed by atoms with E-state index in [9.17, 15) is 4.79 Å². The maximum Gasteiger partial charge on any atom is 0.345 e. The quantitative estimate of drug-likeness (QED) is 0.510. The van der Waals surface area contributed by atoms with Gasteiger partial charge in [-0.1, -0.05) is 24.3 Å². The Balaban J connectivity index is 2.26. The summed E-state index contributed by atoms with van der Waals surface area (Å²) in [5, 5.41) is 0. The number of para-hydroxylation sites is 3. The molecule has 1 aliphatic heterocycles. The highest BCUT2D eigenvalue weighted by Crippen LogP contribution is 2.37. The number of ether oxygens (including phenoxy) is 1. The molecule has 2 aromatic carbocycles. The number of hydrogen-bond acceptors (Lipinski definition) is 3. The minimum absolute atomic E-state index is 0.308. The van der Waals surface area contributed by atoms with E-state index >= 15 is 0 Å². The van der Waals surface area contributed by atoms with Gasteiger partial charge in [0.1, 0.15) is 0 Å². The lowest BCUT2D eigenvalue weighted by molar-refractivity contribution is 0.0738. The van der Waals surface area contributed by atoms with Crippen molar-refractivity contribution in [2.24, 2.45) is 0 Å². The number of nitrogens with zero attached hydrogens (tertiary/aromatic N) is 1. The maximum absolute atomic E-state index is 12.0. The molecular formula is C14H11NO2. The van der Waals surface area contributed by atoms with Crippen LogP contribution in [0.25, 0.3) is 0 Å². The molecular weight excluding hydrogens is 214 g/mol.